The van der Waals surface area contributed by atoms with E-state index >= 15 is 0 Å². The lowest BCUT2D eigenvalue weighted by atomic mass is 9.87. The van der Waals surface area contributed by atoms with E-state index in [0.29, 0.717) is 29.0 Å². The minimum atomic E-state index is -1.85. The molecule has 0 heterocycles. The number of rotatable bonds is 10. The van der Waals surface area contributed by atoms with Crippen LogP contribution in [0, 0.1) is 29.1 Å². The molecule has 0 amide bonds. The second-order valence-corrected chi connectivity index (χ2v) is 15.6. The van der Waals surface area contributed by atoms with Gasteiger partial charge in [0.1, 0.15) is 0 Å². The van der Waals surface area contributed by atoms with E-state index in [9.17, 15) is 5.11 Å². The first-order valence-electron chi connectivity index (χ1n) is 10.3. The summed E-state index contributed by atoms with van der Waals surface area (Å²) in [6.45, 7) is 21.0. The van der Waals surface area contributed by atoms with Gasteiger partial charge in [0.05, 0.1) is 6.10 Å². The maximum Gasteiger partial charge on any atom is 0.200 e. The second kappa shape index (κ2) is 8.63. The van der Waals surface area contributed by atoms with Crippen LogP contribution in [0.4, 0.5) is 0 Å². The largest absolute Gasteiger partial charge is 0.415 e. The molecule has 1 fully saturated rings. The fourth-order valence-electron chi connectivity index (χ4n) is 4.70. The van der Waals surface area contributed by atoms with Crippen molar-refractivity contribution >= 4 is 8.32 Å². The third-order valence-electron chi connectivity index (χ3n) is 6.57. The number of hydrogen-bond acceptors (Lipinski definition) is 2. The normalized spacial score (nSPS) is 25.3. The molecule has 0 bridgehead atoms. The van der Waals surface area contributed by atoms with Crippen LogP contribution in [0.5, 0.6) is 0 Å². The SMILES string of the molecule is C#CC(C)(C)CC(O)/C=C/[C@@]1(CO[Si](C(C)C)(C(C)C)C(C)C)C[C@H]1C. The molecule has 1 rings (SSSR count). The summed E-state index contributed by atoms with van der Waals surface area (Å²) in [5.41, 5.74) is 1.61. The molecule has 0 aromatic carbocycles. The summed E-state index contributed by atoms with van der Waals surface area (Å²) in [5.74, 6) is 3.38. The van der Waals surface area contributed by atoms with Gasteiger partial charge in [0.25, 0.3) is 0 Å². The summed E-state index contributed by atoms with van der Waals surface area (Å²) in [6, 6.07) is 0. The molecule has 0 aromatic rings. The summed E-state index contributed by atoms with van der Waals surface area (Å²) < 4.78 is 6.84. The van der Waals surface area contributed by atoms with E-state index in [0.717, 1.165) is 13.0 Å². The molecular formula is C23H42O2Si. The number of hydrogen-bond donors (Lipinski definition) is 1. The molecule has 1 aliphatic carbocycles. The van der Waals surface area contributed by atoms with E-state index in [1.165, 1.54) is 0 Å². The van der Waals surface area contributed by atoms with Gasteiger partial charge in [-0.1, -0.05) is 60.6 Å². The molecule has 0 saturated heterocycles. The zero-order chi connectivity index (χ0) is 20.3. The molecule has 150 valence electrons. The second-order valence-electron chi connectivity index (χ2n) is 10.1. The molecule has 3 heteroatoms. The van der Waals surface area contributed by atoms with E-state index in [-0.39, 0.29) is 10.8 Å². The zero-order valence-electron chi connectivity index (χ0n) is 18.6. The Balaban J connectivity index is 2.86. The van der Waals surface area contributed by atoms with Crippen molar-refractivity contribution in [2.24, 2.45) is 16.7 Å². The lowest BCUT2D eigenvalue weighted by molar-refractivity contribution is 0.174. The molecule has 1 saturated carbocycles. The van der Waals surface area contributed by atoms with Gasteiger partial charge >= 0.3 is 0 Å². The Hall–Kier alpha value is -0.563. The van der Waals surface area contributed by atoms with Crippen LogP contribution in [-0.4, -0.2) is 26.1 Å². The molecule has 0 radical (unpaired) electrons. The third kappa shape index (κ3) is 5.24. The Morgan fingerprint density at radius 1 is 1.19 bits per heavy atom. The molecule has 26 heavy (non-hydrogen) atoms. The van der Waals surface area contributed by atoms with Crippen molar-refractivity contribution in [3.8, 4) is 12.3 Å². The van der Waals surface area contributed by atoms with Crippen molar-refractivity contribution in [2.45, 2.75) is 97.9 Å². The standard InChI is InChI=1S/C23H42O2Si/c1-11-22(9,10)15-21(24)12-13-23(14-20(23)8)16-25-26(17(2)3,18(4)5)19(6)7/h1,12-13,17-21,24H,14-16H2,2-10H3/b13-12+/t20-,21?,23+/m1/s1. The van der Waals surface area contributed by atoms with Gasteiger partial charge in [-0.15, -0.1) is 12.3 Å². The zero-order valence-corrected chi connectivity index (χ0v) is 19.6. The summed E-state index contributed by atoms with van der Waals surface area (Å²) >= 11 is 0. The fourth-order valence-corrected chi connectivity index (χ4v) is 10.2. The summed E-state index contributed by atoms with van der Waals surface area (Å²) in [4.78, 5) is 0. The van der Waals surface area contributed by atoms with Crippen LogP contribution in [0.15, 0.2) is 12.2 Å². The number of terminal acetylenes is 1. The van der Waals surface area contributed by atoms with Gasteiger partial charge < -0.3 is 9.53 Å². The molecule has 3 atom stereocenters. The van der Waals surface area contributed by atoms with Crippen LogP contribution < -0.4 is 0 Å². The Morgan fingerprint density at radius 2 is 1.65 bits per heavy atom. The van der Waals surface area contributed by atoms with Crippen molar-refractivity contribution in [1.82, 2.24) is 0 Å². The minimum absolute atomic E-state index is 0.0954. The van der Waals surface area contributed by atoms with E-state index in [2.05, 4.69) is 60.5 Å². The highest BCUT2D eigenvalue weighted by Crippen LogP contribution is 2.55. The van der Waals surface area contributed by atoms with E-state index in [1.807, 2.05) is 19.9 Å². The predicted molar refractivity (Wildman–Crippen MR) is 116 cm³/mol. The Labute approximate surface area is 163 Å². The monoisotopic (exact) mass is 378 g/mol. The summed E-state index contributed by atoms with van der Waals surface area (Å²) in [7, 11) is -1.85. The van der Waals surface area contributed by atoms with Gasteiger partial charge in [0, 0.05) is 17.4 Å². The summed E-state index contributed by atoms with van der Waals surface area (Å²) in [6.07, 6.45) is 11.0. The third-order valence-corrected chi connectivity index (χ3v) is 12.6. The van der Waals surface area contributed by atoms with Gasteiger partial charge in [-0.2, -0.15) is 0 Å². The maximum atomic E-state index is 10.4. The lowest BCUT2D eigenvalue weighted by Crippen LogP contribution is -2.48. The predicted octanol–water partition coefficient (Wildman–Crippen LogP) is 6.17. The quantitative estimate of drug-likeness (QED) is 0.280. The van der Waals surface area contributed by atoms with Crippen LogP contribution in [0.3, 0.4) is 0 Å². The number of aliphatic hydroxyl groups is 1. The van der Waals surface area contributed by atoms with Crippen molar-refractivity contribution in [3.05, 3.63) is 12.2 Å². The summed E-state index contributed by atoms with van der Waals surface area (Å²) in [5, 5.41) is 10.4. The van der Waals surface area contributed by atoms with Crippen molar-refractivity contribution in [3.63, 3.8) is 0 Å². The van der Waals surface area contributed by atoms with Gasteiger partial charge in [0.2, 0.25) is 0 Å². The Morgan fingerprint density at radius 3 is 2.00 bits per heavy atom. The lowest BCUT2D eigenvalue weighted by Gasteiger charge is -2.43. The van der Waals surface area contributed by atoms with Gasteiger partial charge in [-0.05, 0) is 49.2 Å². The Kier molecular flexibility index (Phi) is 7.79. The average Bonchev–Trinajstić information content (AvgIpc) is 3.15. The van der Waals surface area contributed by atoms with Crippen molar-refractivity contribution in [1.29, 1.82) is 0 Å². The van der Waals surface area contributed by atoms with Crippen molar-refractivity contribution < 1.29 is 9.53 Å². The molecule has 1 unspecified atom stereocenters. The molecule has 1 aliphatic rings. The smallest absolute Gasteiger partial charge is 0.200 e. The molecular weight excluding hydrogens is 336 g/mol. The van der Waals surface area contributed by atoms with Gasteiger partial charge in [-0.3, -0.25) is 0 Å². The van der Waals surface area contributed by atoms with Crippen LogP contribution in [-0.2, 0) is 4.43 Å². The first-order chi connectivity index (χ1) is 11.8. The average molecular weight is 379 g/mol. The molecule has 1 N–H and O–H groups in total. The van der Waals surface area contributed by atoms with Gasteiger partial charge in [-0.25, -0.2) is 0 Å². The fraction of sp³-hybridized carbons (Fsp3) is 0.826. The first-order valence-corrected chi connectivity index (χ1v) is 12.5. The van der Waals surface area contributed by atoms with Crippen LogP contribution in [0.25, 0.3) is 0 Å². The van der Waals surface area contributed by atoms with Crippen LogP contribution >= 0.6 is 0 Å². The highest BCUT2D eigenvalue weighted by atomic mass is 28.4. The molecule has 0 aromatic heterocycles. The highest BCUT2D eigenvalue weighted by Gasteiger charge is 2.53. The first kappa shape index (κ1) is 23.5. The van der Waals surface area contributed by atoms with E-state index in [4.69, 9.17) is 10.8 Å². The molecule has 2 nitrogen and oxygen atoms in total. The van der Waals surface area contributed by atoms with Crippen LogP contribution in [0.1, 0.15) is 75.2 Å². The van der Waals surface area contributed by atoms with E-state index in [1.54, 1.807) is 0 Å². The van der Waals surface area contributed by atoms with Crippen LogP contribution in [0.2, 0.25) is 16.6 Å². The molecule has 0 aliphatic heterocycles. The van der Waals surface area contributed by atoms with Crippen molar-refractivity contribution in [2.75, 3.05) is 6.61 Å². The maximum absolute atomic E-state index is 10.4. The minimum Gasteiger partial charge on any atom is -0.415 e. The topological polar surface area (TPSA) is 29.5 Å². The van der Waals surface area contributed by atoms with Gasteiger partial charge in [0.15, 0.2) is 8.32 Å². The highest BCUT2D eigenvalue weighted by molar-refractivity contribution is 6.77. The number of aliphatic hydroxyl groups excluding tert-OH is 1. The van der Waals surface area contributed by atoms with E-state index < -0.39 is 14.4 Å². The Bertz CT molecular complexity index is 505. The molecule has 0 spiro atoms.